The maximum Gasteiger partial charge on any atom is 0.272 e. The zero-order valence-electron chi connectivity index (χ0n) is 11.6. The Balaban J connectivity index is 0.00000147. The molecule has 6 nitrogen and oxygen atoms in total. The molecule has 3 heterocycles. The third-order valence-corrected chi connectivity index (χ3v) is 3.94. The zero-order valence-corrected chi connectivity index (χ0v) is 12.4. The van der Waals surface area contributed by atoms with E-state index < -0.39 is 0 Å². The summed E-state index contributed by atoms with van der Waals surface area (Å²) in [5.41, 5.74) is 2.38. The highest BCUT2D eigenvalue weighted by molar-refractivity contribution is 5.94. The Labute approximate surface area is 124 Å². The van der Waals surface area contributed by atoms with Crippen LogP contribution in [0.15, 0.2) is 0 Å². The van der Waals surface area contributed by atoms with Crippen molar-refractivity contribution in [3.63, 3.8) is 0 Å². The Bertz CT molecular complexity index is 483. The lowest BCUT2D eigenvalue weighted by molar-refractivity contribution is 0.0205. The number of rotatable bonds is 3. The molecule has 1 aromatic rings. The van der Waals surface area contributed by atoms with E-state index in [0.29, 0.717) is 18.8 Å². The summed E-state index contributed by atoms with van der Waals surface area (Å²) in [5, 5.41) is 13.3. The molecule has 0 aromatic carbocycles. The van der Waals surface area contributed by atoms with Crippen LogP contribution >= 0.6 is 12.4 Å². The second kappa shape index (κ2) is 6.11. The molecule has 0 aliphatic carbocycles. The van der Waals surface area contributed by atoms with E-state index in [2.05, 4.69) is 20.8 Å². The van der Waals surface area contributed by atoms with E-state index in [4.69, 9.17) is 4.74 Å². The quantitative estimate of drug-likeness (QED) is 0.771. The molecule has 2 aliphatic rings. The largest absolute Gasteiger partial charge is 0.373 e. The molecule has 7 heteroatoms. The number of ether oxygens (including phenoxy) is 1. The summed E-state index contributed by atoms with van der Waals surface area (Å²) in [5.74, 6) is -0.113. The van der Waals surface area contributed by atoms with E-state index in [0.717, 1.165) is 43.7 Å². The molecule has 112 valence electrons. The van der Waals surface area contributed by atoms with E-state index in [9.17, 15) is 4.79 Å². The molecule has 1 aromatic heterocycles. The highest BCUT2D eigenvalue weighted by Gasteiger charge is 2.31. The Kier molecular flexibility index (Phi) is 4.67. The van der Waals surface area contributed by atoms with Gasteiger partial charge in [-0.15, -0.1) is 12.4 Å². The molecule has 3 rings (SSSR count). The minimum Gasteiger partial charge on any atom is -0.373 e. The van der Waals surface area contributed by atoms with Gasteiger partial charge in [-0.1, -0.05) is 0 Å². The van der Waals surface area contributed by atoms with Crippen molar-refractivity contribution in [1.29, 1.82) is 0 Å². The fraction of sp³-hybridized carbons (Fsp3) is 0.692. The van der Waals surface area contributed by atoms with Gasteiger partial charge in [0.15, 0.2) is 5.69 Å². The lowest BCUT2D eigenvalue weighted by Gasteiger charge is -2.23. The van der Waals surface area contributed by atoms with Crippen LogP contribution in [0.2, 0.25) is 0 Å². The molecule has 1 fully saturated rings. The molecule has 1 unspecified atom stereocenters. The van der Waals surface area contributed by atoms with E-state index in [1.165, 1.54) is 0 Å². The minimum atomic E-state index is -0.218. The molecule has 1 saturated heterocycles. The van der Waals surface area contributed by atoms with Crippen molar-refractivity contribution in [3.8, 4) is 0 Å². The number of amides is 1. The highest BCUT2D eigenvalue weighted by atomic mass is 35.5. The van der Waals surface area contributed by atoms with Gasteiger partial charge >= 0.3 is 0 Å². The smallest absolute Gasteiger partial charge is 0.272 e. The van der Waals surface area contributed by atoms with Crippen molar-refractivity contribution in [1.82, 2.24) is 20.8 Å². The normalized spacial score (nSPS) is 24.9. The molecule has 1 atom stereocenters. The maximum absolute atomic E-state index is 12.2. The standard InChI is InChI=1S/C13H20N4O2.ClH/c1-13(4-2-6-19-13)8-15-12(18)11-9-7-14-5-3-10(9)16-17-11;/h14H,2-8H2,1H3,(H,15,18)(H,16,17);1H. The van der Waals surface area contributed by atoms with Crippen molar-refractivity contribution in [2.24, 2.45) is 0 Å². The SMILES string of the molecule is CC1(CNC(=O)c2n[nH]c3c2CNCC3)CCCO1.Cl. The number of hydrogen-bond acceptors (Lipinski definition) is 4. The fourth-order valence-corrected chi connectivity index (χ4v) is 2.74. The average Bonchev–Trinajstić information content (AvgIpc) is 3.03. The van der Waals surface area contributed by atoms with Crippen molar-refractivity contribution in [2.45, 2.75) is 38.3 Å². The van der Waals surface area contributed by atoms with Gasteiger partial charge < -0.3 is 15.4 Å². The fourth-order valence-electron chi connectivity index (χ4n) is 2.74. The summed E-state index contributed by atoms with van der Waals surface area (Å²) in [6, 6.07) is 0. The van der Waals surface area contributed by atoms with Crippen LogP contribution in [0.4, 0.5) is 0 Å². The van der Waals surface area contributed by atoms with Gasteiger partial charge in [0.25, 0.3) is 5.91 Å². The van der Waals surface area contributed by atoms with Crippen LogP contribution in [0.1, 0.15) is 41.5 Å². The van der Waals surface area contributed by atoms with Gasteiger partial charge in [-0.05, 0) is 19.8 Å². The number of nitrogens with zero attached hydrogens (tertiary/aromatic N) is 1. The Morgan fingerprint density at radius 2 is 2.40 bits per heavy atom. The molecule has 0 saturated carbocycles. The second-order valence-corrected chi connectivity index (χ2v) is 5.54. The van der Waals surface area contributed by atoms with Crippen LogP contribution < -0.4 is 10.6 Å². The lowest BCUT2D eigenvalue weighted by atomic mass is 10.0. The minimum absolute atomic E-state index is 0. The monoisotopic (exact) mass is 300 g/mol. The van der Waals surface area contributed by atoms with Crippen molar-refractivity contribution in [2.75, 3.05) is 19.7 Å². The molecule has 0 spiro atoms. The van der Waals surface area contributed by atoms with E-state index in [-0.39, 0.29) is 23.9 Å². The molecule has 1 amide bonds. The summed E-state index contributed by atoms with van der Waals surface area (Å²) >= 11 is 0. The number of carbonyl (C=O) groups excluding carboxylic acids is 1. The van der Waals surface area contributed by atoms with Crippen LogP contribution in [0.3, 0.4) is 0 Å². The van der Waals surface area contributed by atoms with Crippen LogP contribution in [0.5, 0.6) is 0 Å². The van der Waals surface area contributed by atoms with Gasteiger partial charge in [0, 0.05) is 43.9 Å². The Morgan fingerprint density at radius 3 is 3.15 bits per heavy atom. The number of fused-ring (bicyclic) bond motifs is 1. The molecule has 0 bridgehead atoms. The number of aromatic nitrogens is 2. The van der Waals surface area contributed by atoms with Gasteiger partial charge in [0.2, 0.25) is 0 Å². The number of nitrogens with one attached hydrogen (secondary N) is 3. The summed E-state index contributed by atoms with van der Waals surface area (Å²) in [6.07, 6.45) is 2.96. The van der Waals surface area contributed by atoms with Crippen molar-refractivity contribution in [3.05, 3.63) is 17.0 Å². The van der Waals surface area contributed by atoms with E-state index in [1.807, 2.05) is 6.92 Å². The summed E-state index contributed by atoms with van der Waals surface area (Å²) in [6.45, 7) is 5.02. The van der Waals surface area contributed by atoms with Gasteiger partial charge in [0.05, 0.1) is 5.60 Å². The van der Waals surface area contributed by atoms with Crippen molar-refractivity contribution < 1.29 is 9.53 Å². The Hall–Kier alpha value is -1.11. The van der Waals surface area contributed by atoms with Crippen LogP contribution in [-0.2, 0) is 17.7 Å². The first-order chi connectivity index (χ1) is 9.18. The first-order valence-corrected chi connectivity index (χ1v) is 6.87. The van der Waals surface area contributed by atoms with Gasteiger partial charge in [-0.25, -0.2) is 0 Å². The summed E-state index contributed by atoms with van der Waals surface area (Å²) in [7, 11) is 0. The van der Waals surface area contributed by atoms with Crippen molar-refractivity contribution >= 4 is 18.3 Å². The predicted molar refractivity (Wildman–Crippen MR) is 77.2 cm³/mol. The van der Waals surface area contributed by atoms with Crippen LogP contribution in [-0.4, -0.2) is 41.4 Å². The topological polar surface area (TPSA) is 79.0 Å². The number of aromatic amines is 1. The lowest BCUT2D eigenvalue weighted by Crippen LogP contribution is -2.40. The summed E-state index contributed by atoms with van der Waals surface area (Å²) in [4.78, 5) is 12.2. The van der Waals surface area contributed by atoms with Gasteiger partial charge in [-0.2, -0.15) is 5.10 Å². The van der Waals surface area contributed by atoms with E-state index in [1.54, 1.807) is 0 Å². The summed E-state index contributed by atoms with van der Waals surface area (Å²) < 4.78 is 5.67. The Morgan fingerprint density at radius 1 is 1.55 bits per heavy atom. The molecule has 20 heavy (non-hydrogen) atoms. The van der Waals surface area contributed by atoms with Crippen LogP contribution in [0.25, 0.3) is 0 Å². The number of H-pyrrole nitrogens is 1. The molecule has 2 aliphatic heterocycles. The molecule has 0 radical (unpaired) electrons. The van der Waals surface area contributed by atoms with Gasteiger partial charge in [-0.3, -0.25) is 9.89 Å². The van der Waals surface area contributed by atoms with E-state index >= 15 is 0 Å². The first kappa shape index (κ1) is 15.3. The maximum atomic E-state index is 12.2. The van der Waals surface area contributed by atoms with Crippen LogP contribution in [0, 0.1) is 0 Å². The predicted octanol–water partition coefficient (Wildman–Crippen LogP) is 0.776. The third kappa shape index (κ3) is 2.97. The third-order valence-electron chi connectivity index (χ3n) is 3.94. The second-order valence-electron chi connectivity index (χ2n) is 5.54. The first-order valence-electron chi connectivity index (χ1n) is 6.87. The zero-order chi connectivity index (χ0) is 13.3. The molecular formula is C13H21ClN4O2. The number of halogens is 1. The van der Waals surface area contributed by atoms with Gasteiger partial charge in [0.1, 0.15) is 0 Å². The number of hydrogen-bond donors (Lipinski definition) is 3. The number of carbonyl (C=O) groups is 1. The average molecular weight is 301 g/mol. The molecule has 3 N–H and O–H groups in total. The highest BCUT2D eigenvalue weighted by Crippen LogP contribution is 2.24. The molecular weight excluding hydrogens is 280 g/mol.